The van der Waals surface area contributed by atoms with Crippen LogP contribution in [0.1, 0.15) is 61.1 Å². The first-order valence-electron chi connectivity index (χ1n) is 9.37. The molecule has 0 spiro atoms. The average molecular weight is 428 g/mol. The van der Waals surface area contributed by atoms with E-state index < -0.39 is 0 Å². The van der Waals surface area contributed by atoms with Crippen molar-refractivity contribution in [1.29, 1.82) is 5.26 Å². The van der Waals surface area contributed by atoms with E-state index in [2.05, 4.69) is 45.9 Å². The quantitative estimate of drug-likeness (QED) is 0.407. The Morgan fingerprint density at radius 3 is 1.86 bits per heavy atom. The smallest absolute Gasteiger partial charge is 0.110 e. The van der Waals surface area contributed by atoms with Gasteiger partial charge in [-0.25, -0.2) is 0 Å². The maximum Gasteiger partial charge on any atom is 0.110 e. The highest BCUT2D eigenvalue weighted by Gasteiger charge is 2.23. The number of benzene rings is 2. The second kappa shape index (κ2) is 8.29. The van der Waals surface area contributed by atoms with Gasteiger partial charge in [-0.15, -0.1) is 11.3 Å². The Balaban J connectivity index is 2.39. The molecule has 3 aromatic rings. The van der Waals surface area contributed by atoms with Gasteiger partial charge < -0.3 is 0 Å². The number of halogens is 2. The third-order valence-electron chi connectivity index (χ3n) is 5.03. The summed E-state index contributed by atoms with van der Waals surface area (Å²) in [5.74, 6) is 0.644. The summed E-state index contributed by atoms with van der Waals surface area (Å²) in [5.41, 5.74) is 6.84. The van der Waals surface area contributed by atoms with E-state index in [1.165, 1.54) is 11.1 Å². The SMILES string of the molecule is Cc1c(C#N)sc(-c2ccc(Cl)cc2C(C)C)c1-c1ccc(Cl)cc1C(C)C. The second-order valence-electron chi connectivity index (χ2n) is 7.64. The minimum Gasteiger partial charge on any atom is -0.192 e. The predicted molar refractivity (Wildman–Crippen MR) is 123 cm³/mol. The summed E-state index contributed by atoms with van der Waals surface area (Å²) in [4.78, 5) is 1.87. The summed E-state index contributed by atoms with van der Waals surface area (Å²) in [7, 11) is 0. The summed E-state index contributed by atoms with van der Waals surface area (Å²) in [6.45, 7) is 10.7. The number of hydrogen-bond acceptors (Lipinski definition) is 2. The molecule has 1 aromatic heterocycles. The highest BCUT2D eigenvalue weighted by molar-refractivity contribution is 7.16. The van der Waals surface area contributed by atoms with Gasteiger partial charge in [-0.05, 0) is 70.8 Å². The molecule has 1 heterocycles. The van der Waals surface area contributed by atoms with Gasteiger partial charge in [-0.2, -0.15) is 5.26 Å². The Bertz CT molecular complexity index is 1070. The van der Waals surface area contributed by atoms with E-state index in [0.717, 1.165) is 42.1 Å². The van der Waals surface area contributed by atoms with E-state index in [1.54, 1.807) is 11.3 Å². The molecule has 28 heavy (non-hydrogen) atoms. The van der Waals surface area contributed by atoms with Gasteiger partial charge in [0, 0.05) is 20.5 Å². The van der Waals surface area contributed by atoms with Gasteiger partial charge in [0.25, 0.3) is 0 Å². The molecule has 144 valence electrons. The lowest BCUT2D eigenvalue weighted by Crippen LogP contribution is -1.96. The molecular formula is C24H23Cl2NS. The van der Waals surface area contributed by atoms with Crippen molar-refractivity contribution < 1.29 is 0 Å². The number of nitrogens with zero attached hydrogens (tertiary/aromatic N) is 1. The molecule has 0 N–H and O–H groups in total. The molecular weight excluding hydrogens is 405 g/mol. The molecule has 0 radical (unpaired) electrons. The van der Waals surface area contributed by atoms with Crippen LogP contribution in [0.25, 0.3) is 21.6 Å². The lowest BCUT2D eigenvalue weighted by atomic mass is 9.87. The van der Waals surface area contributed by atoms with Crippen LogP contribution < -0.4 is 0 Å². The van der Waals surface area contributed by atoms with E-state index in [9.17, 15) is 5.26 Å². The highest BCUT2D eigenvalue weighted by Crippen LogP contribution is 2.47. The van der Waals surface area contributed by atoms with Crippen molar-refractivity contribution in [2.45, 2.75) is 46.5 Å². The van der Waals surface area contributed by atoms with Crippen LogP contribution in [0.3, 0.4) is 0 Å². The first-order chi connectivity index (χ1) is 13.2. The number of thiophene rings is 1. The summed E-state index contributed by atoms with van der Waals surface area (Å²) in [6.07, 6.45) is 0. The minimum atomic E-state index is 0.321. The molecule has 0 saturated carbocycles. The Labute approximate surface area is 181 Å². The van der Waals surface area contributed by atoms with Crippen LogP contribution in [0.15, 0.2) is 36.4 Å². The maximum atomic E-state index is 9.71. The highest BCUT2D eigenvalue weighted by atomic mass is 35.5. The zero-order chi connectivity index (χ0) is 20.6. The molecule has 0 aliphatic heterocycles. The van der Waals surface area contributed by atoms with Gasteiger partial charge in [0.2, 0.25) is 0 Å². The molecule has 1 nitrogen and oxygen atoms in total. The first-order valence-corrected chi connectivity index (χ1v) is 10.9. The summed E-state index contributed by atoms with van der Waals surface area (Å²) in [6, 6.07) is 14.5. The average Bonchev–Trinajstić information content (AvgIpc) is 2.97. The topological polar surface area (TPSA) is 23.8 Å². The minimum absolute atomic E-state index is 0.321. The molecule has 0 bridgehead atoms. The summed E-state index contributed by atoms with van der Waals surface area (Å²) < 4.78 is 0. The Morgan fingerprint density at radius 2 is 1.36 bits per heavy atom. The molecule has 3 rings (SSSR count). The second-order valence-corrected chi connectivity index (χ2v) is 9.54. The van der Waals surface area contributed by atoms with Crippen molar-refractivity contribution >= 4 is 34.5 Å². The molecule has 2 aromatic carbocycles. The standard InChI is InChI=1S/C24H23Cl2NS/c1-13(2)20-10-16(25)6-8-18(20)23-15(5)22(12-27)28-24(23)19-9-7-17(26)11-21(19)14(3)4/h6-11,13-14H,1-5H3. The van der Waals surface area contributed by atoms with Crippen molar-refractivity contribution in [2.75, 3.05) is 0 Å². The lowest BCUT2D eigenvalue weighted by Gasteiger charge is -2.18. The van der Waals surface area contributed by atoms with E-state index in [4.69, 9.17) is 23.2 Å². The normalized spacial score (nSPS) is 11.3. The fourth-order valence-electron chi connectivity index (χ4n) is 3.59. The van der Waals surface area contributed by atoms with Crippen LogP contribution in [0, 0.1) is 18.3 Å². The van der Waals surface area contributed by atoms with E-state index in [0.29, 0.717) is 11.8 Å². The molecule has 0 amide bonds. The van der Waals surface area contributed by atoms with E-state index in [-0.39, 0.29) is 0 Å². The molecule has 0 atom stereocenters. The Morgan fingerprint density at radius 1 is 0.857 bits per heavy atom. The van der Waals surface area contributed by atoms with Crippen LogP contribution in [-0.4, -0.2) is 0 Å². The van der Waals surface area contributed by atoms with Crippen LogP contribution in [-0.2, 0) is 0 Å². The molecule has 0 aliphatic rings. The third-order valence-corrected chi connectivity index (χ3v) is 6.73. The van der Waals surface area contributed by atoms with Crippen molar-refractivity contribution in [2.24, 2.45) is 0 Å². The lowest BCUT2D eigenvalue weighted by molar-refractivity contribution is 0.867. The summed E-state index contributed by atoms with van der Waals surface area (Å²) >= 11 is 14.1. The van der Waals surface area contributed by atoms with Crippen LogP contribution >= 0.6 is 34.5 Å². The van der Waals surface area contributed by atoms with Gasteiger partial charge in [0.15, 0.2) is 0 Å². The third kappa shape index (κ3) is 3.85. The Hall–Kier alpha value is -1.79. The van der Waals surface area contributed by atoms with Gasteiger partial charge >= 0.3 is 0 Å². The van der Waals surface area contributed by atoms with Gasteiger partial charge in [-0.1, -0.05) is 63.0 Å². The Kier molecular flexibility index (Phi) is 6.20. The largest absolute Gasteiger partial charge is 0.192 e. The zero-order valence-corrected chi connectivity index (χ0v) is 19.1. The van der Waals surface area contributed by atoms with Crippen LogP contribution in [0.5, 0.6) is 0 Å². The molecule has 0 unspecified atom stereocenters. The fraction of sp³-hybridized carbons (Fsp3) is 0.292. The van der Waals surface area contributed by atoms with E-state index in [1.807, 2.05) is 31.2 Å². The molecule has 4 heteroatoms. The van der Waals surface area contributed by atoms with Gasteiger partial charge in [0.1, 0.15) is 10.9 Å². The van der Waals surface area contributed by atoms with Crippen molar-refractivity contribution in [1.82, 2.24) is 0 Å². The number of rotatable bonds is 4. The van der Waals surface area contributed by atoms with Crippen molar-refractivity contribution in [3.63, 3.8) is 0 Å². The molecule has 0 aliphatic carbocycles. The van der Waals surface area contributed by atoms with Gasteiger partial charge in [-0.3, -0.25) is 0 Å². The summed E-state index contributed by atoms with van der Waals surface area (Å²) in [5, 5.41) is 11.2. The number of hydrogen-bond donors (Lipinski definition) is 0. The van der Waals surface area contributed by atoms with Crippen LogP contribution in [0.2, 0.25) is 10.0 Å². The van der Waals surface area contributed by atoms with Gasteiger partial charge in [0.05, 0.1) is 0 Å². The predicted octanol–water partition coefficient (Wildman–Crippen LogP) is 8.82. The monoisotopic (exact) mass is 427 g/mol. The zero-order valence-electron chi connectivity index (χ0n) is 16.7. The fourth-order valence-corrected chi connectivity index (χ4v) is 5.12. The molecule has 0 saturated heterocycles. The van der Waals surface area contributed by atoms with Crippen molar-refractivity contribution in [3.05, 3.63) is 68.0 Å². The van der Waals surface area contributed by atoms with Crippen LogP contribution in [0.4, 0.5) is 0 Å². The number of nitriles is 1. The maximum absolute atomic E-state index is 9.71. The first kappa shape index (κ1) is 20.9. The van der Waals surface area contributed by atoms with E-state index >= 15 is 0 Å². The molecule has 0 fully saturated rings. The van der Waals surface area contributed by atoms with Crippen molar-refractivity contribution in [3.8, 4) is 27.6 Å².